The molecule has 198 valence electrons. The first kappa shape index (κ1) is 25.7. The minimum Gasteiger partial charge on any atom is -0.462 e. The van der Waals surface area contributed by atoms with Crippen molar-refractivity contribution >= 4 is 11.8 Å². The van der Waals surface area contributed by atoms with Gasteiger partial charge in [0.15, 0.2) is 0 Å². The van der Waals surface area contributed by atoms with E-state index in [1.807, 2.05) is 0 Å². The van der Waals surface area contributed by atoms with Gasteiger partial charge in [0.1, 0.15) is 17.5 Å². The Labute approximate surface area is 212 Å². The van der Waals surface area contributed by atoms with Crippen LogP contribution in [0.3, 0.4) is 0 Å². The third-order valence-electron chi connectivity index (χ3n) is 12.2. The van der Waals surface area contributed by atoms with E-state index in [4.69, 9.17) is 9.47 Å². The van der Waals surface area contributed by atoms with Gasteiger partial charge in [-0.2, -0.15) is 0 Å². The summed E-state index contributed by atoms with van der Waals surface area (Å²) in [6.45, 7) is 15.5. The van der Waals surface area contributed by atoms with E-state index in [9.17, 15) is 14.7 Å². The predicted octanol–water partition coefficient (Wildman–Crippen LogP) is 5.71. The number of hydrogen-bond donors (Lipinski definition) is 1. The van der Waals surface area contributed by atoms with Gasteiger partial charge in [-0.1, -0.05) is 54.4 Å². The first-order chi connectivity index (χ1) is 16.3. The van der Waals surface area contributed by atoms with Crippen molar-refractivity contribution in [3.05, 3.63) is 0 Å². The number of Topliss-reactive ketones (excluding diaryl/α,β-unsaturated/α-hetero) is 1. The second-order valence-corrected chi connectivity index (χ2v) is 14.1. The minimum absolute atomic E-state index is 0.0576. The van der Waals surface area contributed by atoms with Crippen LogP contribution < -0.4 is 0 Å². The van der Waals surface area contributed by atoms with Crippen LogP contribution in [0.15, 0.2) is 0 Å². The Bertz CT molecular complexity index is 884. The largest absolute Gasteiger partial charge is 0.462 e. The van der Waals surface area contributed by atoms with Crippen molar-refractivity contribution in [3.63, 3.8) is 0 Å². The van der Waals surface area contributed by atoms with Crippen molar-refractivity contribution in [1.82, 2.24) is 0 Å². The maximum Gasteiger partial charge on any atom is 0.302 e. The average molecular weight is 489 g/mol. The normalized spacial score (nSPS) is 50.0. The number of ether oxygens (including phenoxy) is 2. The Balaban J connectivity index is 1.39. The van der Waals surface area contributed by atoms with Crippen LogP contribution in [-0.4, -0.2) is 40.3 Å². The van der Waals surface area contributed by atoms with Crippen LogP contribution in [0.25, 0.3) is 0 Å². The molecule has 5 fully saturated rings. The second kappa shape index (κ2) is 8.28. The van der Waals surface area contributed by atoms with Gasteiger partial charge in [-0.15, -0.1) is 0 Å². The van der Waals surface area contributed by atoms with Gasteiger partial charge in [0, 0.05) is 25.2 Å². The van der Waals surface area contributed by atoms with Crippen molar-refractivity contribution in [2.75, 3.05) is 0 Å². The molecule has 0 bridgehead atoms. The third kappa shape index (κ3) is 3.53. The Hall–Kier alpha value is -0.940. The fourth-order valence-corrected chi connectivity index (χ4v) is 9.74. The van der Waals surface area contributed by atoms with Crippen LogP contribution >= 0.6 is 0 Å². The fourth-order valence-electron chi connectivity index (χ4n) is 9.74. The smallest absolute Gasteiger partial charge is 0.302 e. The molecule has 1 heterocycles. The molecule has 0 radical (unpaired) electrons. The molecular weight excluding hydrogens is 440 g/mol. The number of hydrogen-bond acceptors (Lipinski definition) is 5. The van der Waals surface area contributed by atoms with E-state index in [0.717, 1.165) is 37.5 Å². The summed E-state index contributed by atoms with van der Waals surface area (Å²) in [5, 5.41) is 12.0. The molecule has 11 atom stereocenters. The predicted molar refractivity (Wildman–Crippen MR) is 135 cm³/mol. The first-order valence-electron chi connectivity index (χ1n) is 14.4. The lowest BCUT2D eigenvalue weighted by Gasteiger charge is -2.61. The number of aliphatic hydroxyl groups is 1. The zero-order valence-corrected chi connectivity index (χ0v) is 23.1. The average Bonchev–Trinajstić information content (AvgIpc) is 3.37. The van der Waals surface area contributed by atoms with E-state index in [-0.39, 0.29) is 41.7 Å². The summed E-state index contributed by atoms with van der Waals surface area (Å²) < 4.78 is 12.2. The Kier molecular flexibility index (Phi) is 6.08. The molecule has 5 aliphatic rings. The highest BCUT2D eigenvalue weighted by atomic mass is 16.6. The standard InChI is InChI=1S/C30H48O5/c1-17(2)18(3)8-9-19(4)22-10-11-23-26-24(32)15-29(33)14-21(34-20(5)31)12-13-28(29,7)30(26)25(35-30)16-27(22,23)6/h17-19,21-23,25-26,33H,8-16H2,1-7H3/t18-,19+,21?,22?,23?,25+,26?,27?,28?,29-,30+/m0/s1. The van der Waals surface area contributed by atoms with Crippen LogP contribution in [0.4, 0.5) is 0 Å². The second-order valence-electron chi connectivity index (χ2n) is 14.1. The summed E-state index contributed by atoms with van der Waals surface area (Å²) in [5.41, 5.74) is -2.05. The zero-order valence-electron chi connectivity index (χ0n) is 23.1. The van der Waals surface area contributed by atoms with Gasteiger partial charge in [-0.25, -0.2) is 0 Å². The number of ketones is 1. The lowest BCUT2D eigenvalue weighted by atomic mass is 9.42. The summed E-state index contributed by atoms with van der Waals surface area (Å²) in [4.78, 5) is 25.5. The zero-order chi connectivity index (χ0) is 25.6. The van der Waals surface area contributed by atoms with Crippen molar-refractivity contribution in [1.29, 1.82) is 0 Å². The summed E-state index contributed by atoms with van der Waals surface area (Å²) in [6, 6.07) is 0. The molecule has 1 saturated heterocycles. The Morgan fingerprint density at radius 1 is 1.11 bits per heavy atom. The minimum atomic E-state index is -1.17. The number of rotatable bonds is 6. The molecule has 4 saturated carbocycles. The fraction of sp³-hybridized carbons (Fsp3) is 0.933. The number of esters is 1. The van der Waals surface area contributed by atoms with E-state index >= 15 is 0 Å². The summed E-state index contributed by atoms with van der Waals surface area (Å²) >= 11 is 0. The molecule has 5 rings (SSSR count). The van der Waals surface area contributed by atoms with Crippen molar-refractivity contribution in [3.8, 4) is 0 Å². The molecule has 0 amide bonds. The van der Waals surface area contributed by atoms with Gasteiger partial charge in [0.25, 0.3) is 0 Å². The molecule has 35 heavy (non-hydrogen) atoms. The molecule has 1 spiro atoms. The molecular formula is C30H48O5. The molecule has 4 aliphatic carbocycles. The number of carbonyl (C=O) groups is 2. The highest BCUT2D eigenvalue weighted by Crippen LogP contribution is 2.77. The molecule has 5 heteroatoms. The third-order valence-corrected chi connectivity index (χ3v) is 12.2. The van der Waals surface area contributed by atoms with Gasteiger partial charge in [0.2, 0.25) is 0 Å². The molecule has 1 aliphatic heterocycles. The van der Waals surface area contributed by atoms with Gasteiger partial charge in [0.05, 0.1) is 17.6 Å². The van der Waals surface area contributed by atoms with E-state index in [0.29, 0.717) is 24.2 Å². The molecule has 6 unspecified atom stereocenters. The maximum absolute atomic E-state index is 13.9. The van der Waals surface area contributed by atoms with E-state index < -0.39 is 16.6 Å². The van der Waals surface area contributed by atoms with Crippen LogP contribution in [0, 0.1) is 46.3 Å². The van der Waals surface area contributed by atoms with Crippen molar-refractivity contribution < 1.29 is 24.2 Å². The molecule has 0 aromatic rings. The van der Waals surface area contributed by atoms with E-state index in [1.54, 1.807) is 0 Å². The quantitative estimate of drug-likeness (QED) is 0.383. The van der Waals surface area contributed by atoms with Crippen molar-refractivity contribution in [2.45, 2.75) is 130 Å². The molecule has 0 aromatic heterocycles. The maximum atomic E-state index is 13.9. The van der Waals surface area contributed by atoms with Crippen LogP contribution in [0.2, 0.25) is 0 Å². The lowest BCUT2D eigenvalue weighted by molar-refractivity contribution is -0.217. The molecule has 0 aromatic carbocycles. The Morgan fingerprint density at radius 2 is 1.83 bits per heavy atom. The summed E-state index contributed by atoms with van der Waals surface area (Å²) in [7, 11) is 0. The van der Waals surface area contributed by atoms with Gasteiger partial charge >= 0.3 is 5.97 Å². The van der Waals surface area contributed by atoms with Crippen LogP contribution in [-0.2, 0) is 19.1 Å². The van der Waals surface area contributed by atoms with E-state index in [1.165, 1.54) is 26.2 Å². The van der Waals surface area contributed by atoms with E-state index in [2.05, 4.69) is 41.5 Å². The topological polar surface area (TPSA) is 76.1 Å². The lowest BCUT2D eigenvalue weighted by Crippen LogP contribution is -2.70. The van der Waals surface area contributed by atoms with Crippen molar-refractivity contribution in [2.24, 2.45) is 46.3 Å². The monoisotopic (exact) mass is 488 g/mol. The van der Waals surface area contributed by atoms with Crippen LogP contribution in [0.5, 0.6) is 0 Å². The molecule has 1 N–H and O–H groups in total. The molecule has 5 nitrogen and oxygen atoms in total. The number of epoxide rings is 1. The number of fused-ring (bicyclic) bond motifs is 3. The number of carbonyl (C=O) groups excluding carboxylic acids is 2. The highest BCUT2D eigenvalue weighted by molar-refractivity contribution is 5.87. The summed E-state index contributed by atoms with van der Waals surface area (Å²) in [5.74, 6) is 2.87. The van der Waals surface area contributed by atoms with Gasteiger partial charge < -0.3 is 14.6 Å². The highest BCUT2D eigenvalue weighted by Gasteiger charge is 2.84. The Morgan fingerprint density at radius 3 is 2.49 bits per heavy atom. The SMILES string of the molecule is CC(=O)OC1CCC2(C)[C@@](O)(CC(=O)C3C4CCC([C@H](C)CC[C@H](C)C(C)C)C4(C)C[C@H]4O[C@@]342)C1. The van der Waals surface area contributed by atoms with Crippen LogP contribution in [0.1, 0.15) is 106 Å². The van der Waals surface area contributed by atoms with Gasteiger partial charge in [-0.05, 0) is 67.1 Å². The first-order valence-corrected chi connectivity index (χ1v) is 14.4. The summed E-state index contributed by atoms with van der Waals surface area (Å²) in [6.07, 6.45) is 7.57. The van der Waals surface area contributed by atoms with Gasteiger partial charge in [-0.3, -0.25) is 9.59 Å².